The number of fused-ring (bicyclic) bond motifs is 1. The lowest BCUT2D eigenvalue weighted by molar-refractivity contribution is 0.0595. The van der Waals surface area contributed by atoms with Crippen LogP contribution in [0.5, 0.6) is 5.75 Å². The van der Waals surface area contributed by atoms with Crippen LogP contribution in [0.2, 0.25) is 0 Å². The zero-order chi connectivity index (χ0) is 14.9. The lowest BCUT2D eigenvalue weighted by Gasteiger charge is -2.16. The molecule has 1 heterocycles. The first kappa shape index (κ1) is 14.2. The fourth-order valence-corrected chi connectivity index (χ4v) is 2.02. The van der Waals surface area contributed by atoms with Gasteiger partial charge in [-0.2, -0.15) is 0 Å². The Bertz CT molecular complexity index is 629. The van der Waals surface area contributed by atoms with Gasteiger partial charge >= 0.3 is 5.97 Å². The minimum absolute atomic E-state index is 0.0621. The summed E-state index contributed by atoms with van der Waals surface area (Å²) in [6.07, 6.45) is 0.0621. The predicted octanol–water partition coefficient (Wildman–Crippen LogP) is 2.81. The molecule has 0 atom stereocenters. The summed E-state index contributed by atoms with van der Waals surface area (Å²) >= 11 is 0. The summed E-state index contributed by atoms with van der Waals surface area (Å²) in [5, 5.41) is 0.879. The van der Waals surface area contributed by atoms with Crippen molar-refractivity contribution in [2.75, 3.05) is 26.1 Å². The highest BCUT2D eigenvalue weighted by molar-refractivity contribution is 5.98. The van der Waals surface area contributed by atoms with Crippen molar-refractivity contribution in [2.24, 2.45) is 0 Å². The van der Waals surface area contributed by atoms with Gasteiger partial charge in [-0.1, -0.05) is 0 Å². The molecule has 5 heteroatoms. The quantitative estimate of drug-likeness (QED) is 0.872. The second-order valence-electron chi connectivity index (χ2n) is 5.14. The van der Waals surface area contributed by atoms with Crippen molar-refractivity contribution >= 4 is 22.6 Å². The fourth-order valence-electron chi connectivity index (χ4n) is 2.02. The highest BCUT2D eigenvalue weighted by Crippen LogP contribution is 2.32. The molecular formula is C15H20N2O3. The van der Waals surface area contributed by atoms with E-state index in [0.717, 1.165) is 22.3 Å². The SMILES string of the molecule is COC(=O)c1cc2c(OC(C)C)cc(N(C)C)cc2[nH]1. The zero-order valence-electron chi connectivity index (χ0n) is 12.5. The zero-order valence-corrected chi connectivity index (χ0v) is 12.5. The van der Waals surface area contributed by atoms with E-state index >= 15 is 0 Å². The van der Waals surface area contributed by atoms with Crippen molar-refractivity contribution in [3.8, 4) is 5.75 Å². The van der Waals surface area contributed by atoms with Crippen LogP contribution in [-0.2, 0) is 4.74 Å². The van der Waals surface area contributed by atoms with E-state index in [2.05, 4.69) is 4.98 Å². The molecule has 0 aliphatic heterocycles. The predicted molar refractivity (Wildman–Crippen MR) is 79.7 cm³/mol. The molecule has 0 unspecified atom stereocenters. The van der Waals surface area contributed by atoms with E-state index in [4.69, 9.17) is 9.47 Å². The average Bonchev–Trinajstić information content (AvgIpc) is 2.81. The molecule has 1 aromatic carbocycles. The summed E-state index contributed by atoms with van der Waals surface area (Å²) in [5.41, 5.74) is 2.28. The van der Waals surface area contributed by atoms with Gasteiger partial charge in [-0.3, -0.25) is 0 Å². The van der Waals surface area contributed by atoms with Gasteiger partial charge in [-0.05, 0) is 26.0 Å². The number of nitrogens with zero attached hydrogens (tertiary/aromatic N) is 1. The molecule has 5 nitrogen and oxygen atoms in total. The van der Waals surface area contributed by atoms with E-state index < -0.39 is 0 Å². The van der Waals surface area contributed by atoms with Crippen molar-refractivity contribution in [3.63, 3.8) is 0 Å². The van der Waals surface area contributed by atoms with Crippen LogP contribution in [0.3, 0.4) is 0 Å². The molecule has 0 fully saturated rings. The monoisotopic (exact) mass is 276 g/mol. The molecule has 20 heavy (non-hydrogen) atoms. The Labute approximate surface area is 118 Å². The maximum Gasteiger partial charge on any atom is 0.354 e. The number of esters is 1. The van der Waals surface area contributed by atoms with Gasteiger partial charge in [0.1, 0.15) is 11.4 Å². The summed E-state index contributed by atoms with van der Waals surface area (Å²) in [6, 6.07) is 5.71. The Morgan fingerprint density at radius 3 is 2.50 bits per heavy atom. The number of benzene rings is 1. The first-order valence-corrected chi connectivity index (χ1v) is 6.51. The number of ether oxygens (including phenoxy) is 2. The lowest BCUT2D eigenvalue weighted by atomic mass is 10.2. The van der Waals surface area contributed by atoms with E-state index in [9.17, 15) is 4.79 Å². The van der Waals surface area contributed by atoms with Crippen molar-refractivity contribution in [1.82, 2.24) is 4.98 Å². The second kappa shape index (κ2) is 5.45. The molecule has 2 rings (SSSR count). The number of rotatable bonds is 4. The number of carbonyl (C=O) groups excluding carboxylic acids is 1. The van der Waals surface area contributed by atoms with Crippen molar-refractivity contribution in [1.29, 1.82) is 0 Å². The van der Waals surface area contributed by atoms with Crippen LogP contribution >= 0.6 is 0 Å². The van der Waals surface area contributed by atoms with Crippen LogP contribution in [0.1, 0.15) is 24.3 Å². The number of aromatic amines is 1. The molecule has 0 bridgehead atoms. The Hall–Kier alpha value is -2.17. The third-order valence-corrected chi connectivity index (χ3v) is 2.97. The highest BCUT2D eigenvalue weighted by atomic mass is 16.5. The summed E-state index contributed by atoms with van der Waals surface area (Å²) in [5.74, 6) is 0.371. The number of anilines is 1. The Kier molecular flexibility index (Phi) is 3.88. The molecule has 108 valence electrons. The third kappa shape index (κ3) is 2.71. The first-order valence-electron chi connectivity index (χ1n) is 6.51. The molecule has 2 aromatic rings. The van der Waals surface area contributed by atoms with Crippen molar-refractivity contribution < 1.29 is 14.3 Å². The van der Waals surface area contributed by atoms with E-state index in [1.54, 1.807) is 6.07 Å². The minimum Gasteiger partial charge on any atom is -0.490 e. The molecule has 0 spiro atoms. The summed E-state index contributed by atoms with van der Waals surface area (Å²) < 4.78 is 10.6. The van der Waals surface area contributed by atoms with Crippen LogP contribution in [0.15, 0.2) is 18.2 Å². The number of methoxy groups -OCH3 is 1. The number of aromatic nitrogens is 1. The van der Waals surface area contributed by atoms with Gasteiger partial charge in [0.05, 0.1) is 18.7 Å². The van der Waals surface area contributed by atoms with Gasteiger partial charge in [0.2, 0.25) is 0 Å². The van der Waals surface area contributed by atoms with Crippen LogP contribution in [0.25, 0.3) is 10.9 Å². The number of hydrogen-bond acceptors (Lipinski definition) is 4. The molecular weight excluding hydrogens is 256 g/mol. The van der Waals surface area contributed by atoms with E-state index in [0.29, 0.717) is 5.69 Å². The highest BCUT2D eigenvalue weighted by Gasteiger charge is 2.15. The van der Waals surface area contributed by atoms with Gasteiger partial charge in [0.15, 0.2) is 0 Å². The second-order valence-corrected chi connectivity index (χ2v) is 5.14. The number of H-pyrrole nitrogens is 1. The smallest absolute Gasteiger partial charge is 0.354 e. The maximum absolute atomic E-state index is 11.6. The van der Waals surface area contributed by atoms with Crippen LogP contribution in [0.4, 0.5) is 5.69 Å². The molecule has 0 saturated heterocycles. The summed E-state index contributed by atoms with van der Waals surface area (Å²) in [6.45, 7) is 3.95. The van der Waals surface area contributed by atoms with E-state index in [1.807, 2.05) is 45.0 Å². The van der Waals surface area contributed by atoms with E-state index in [1.165, 1.54) is 7.11 Å². The first-order chi connectivity index (χ1) is 9.42. The fraction of sp³-hybridized carbons (Fsp3) is 0.400. The van der Waals surface area contributed by atoms with Gasteiger partial charge in [-0.25, -0.2) is 4.79 Å². The molecule has 0 amide bonds. The van der Waals surface area contributed by atoms with Crippen molar-refractivity contribution in [3.05, 3.63) is 23.9 Å². The number of nitrogens with one attached hydrogen (secondary N) is 1. The van der Waals surface area contributed by atoms with Gasteiger partial charge in [0.25, 0.3) is 0 Å². The summed E-state index contributed by atoms with van der Waals surface area (Å²) in [7, 11) is 5.29. The molecule has 1 N–H and O–H groups in total. The number of hydrogen-bond donors (Lipinski definition) is 1. The standard InChI is InChI=1S/C15H20N2O3/c1-9(2)20-14-7-10(17(3)4)6-12-11(14)8-13(16-12)15(18)19-5/h6-9,16H,1-5H3. The third-order valence-electron chi connectivity index (χ3n) is 2.97. The Morgan fingerprint density at radius 1 is 1.25 bits per heavy atom. The Balaban J connectivity index is 2.60. The van der Waals surface area contributed by atoms with Crippen molar-refractivity contribution in [2.45, 2.75) is 20.0 Å². The maximum atomic E-state index is 11.6. The topological polar surface area (TPSA) is 54.6 Å². The van der Waals surface area contributed by atoms with Gasteiger partial charge < -0.3 is 19.4 Å². The van der Waals surface area contributed by atoms with E-state index in [-0.39, 0.29) is 12.1 Å². The molecule has 0 aliphatic rings. The summed E-state index contributed by atoms with van der Waals surface area (Å²) in [4.78, 5) is 16.7. The molecule has 0 radical (unpaired) electrons. The molecule has 0 aliphatic carbocycles. The molecule has 1 aromatic heterocycles. The molecule has 0 saturated carbocycles. The van der Waals surface area contributed by atoms with Gasteiger partial charge in [0, 0.05) is 31.2 Å². The van der Waals surface area contributed by atoms with Crippen LogP contribution in [-0.4, -0.2) is 38.3 Å². The normalized spacial score (nSPS) is 10.9. The minimum atomic E-state index is -0.386. The van der Waals surface area contributed by atoms with Gasteiger partial charge in [-0.15, -0.1) is 0 Å². The Morgan fingerprint density at radius 2 is 1.95 bits per heavy atom. The average molecular weight is 276 g/mol. The lowest BCUT2D eigenvalue weighted by Crippen LogP contribution is -2.10. The largest absolute Gasteiger partial charge is 0.490 e. The number of carbonyl (C=O) groups is 1. The van der Waals surface area contributed by atoms with Crippen LogP contribution in [0, 0.1) is 0 Å². The van der Waals surface area contributed by atoms with Crippen LogP contribution < -0.4 is 9.64 Å².